The van der Waals surface area contributed by atoms with E-state index in [2.05, 4.69) is 15.4 Å². The molecule has 0 aliphatic carbocycles. The van der Waals surface area contributed by atoms with E-state index in [-0.39, 0.29) is 18.2 Å². The summed E-state index contributed by atoms with van der Waals surface area (Å²) in [4.78, 5) is 34.2. The first-order chi connectivity index (χ1) is 9.04. The van der Waals surface area contributed by atoms with Crippen LogP contribution in [-0.4, -0.2) is 37.5 Å². The van der Waals surface area contributed by atoms with Crippen molar-refractivity contribution in [2.75, 3.05) is 13.7 Å². The molecular weight excluding hydrogens is 248 g/mol. The summed E-state index contributed by atoms with van der Waals surface area (Å²) >= 11 is 0. The van der Waals surface area contributed by atoms with Gasteiger partial charge < -0.3 is 15.4 Å². The largest absolute Gasteiger partial charge is 0.467 e. The number of nitrogens with one attached hydrogen (secondary N) is 2. The molecule has 0 aliphatic heterocycles. The smallest absolute Gasteiger partial charge is 0.328 e. The zero-order chi connectivity index (χ0) is 14.7. The zero-order valence-corrected chi connectivity index (χ0v) is 12.0. The number of rotatable bonds is 9. The lowest BCUT2D eigenvalue weighted by atomic mass is 10.2. The van der Waals surface area contributed by atoms with E-state index in [1.54, 1.807) is 6.92 Å². The first kappa shape index (κ1) is 17.4. The van der Waals surface area contributed by atoms with Gasteiger partial charge in [0.25, 0.3) is 0 Å². The molecule has 1 atom stereocenters. The predicted octanol–water partition coefficient (Wildman–Crippen LogP) is 0.751. The molecule has 0 aromatic rings. The molecule has 19 heavy (non-hydrogen) atoms. The van der Waals surface area contributed by atoms with Gasteiger partial charge in [0.1, 0.15) is 6.04 Å². The molecule has 0 heterocycles. The number of esters is 1. The Bertz CT molecular complexity index is 305. The minimum Gasteiger partial charge on any atom is -0.467 e. The SMILES string of the molecule is CCCNC(=O)CCCC(=O)NC(CC)C(=O)OC. The lowest BCUT2D eigenvalue weighted by Gasteiger charge is -2.14. The maximum Gasteiger partial charge on any atom is 0.328 e. The average Bonchev–Trinajstić information content (AvgIpc) is 2.41. The number of amides is 2. The quantitative estimate of drug-likeness (QED) is 0.607. The van der Waals surface area contributed by atoms with Crippen LogP contribution in [0.5, 0.6) is 0 Å². The van der Waals surface area contributed by atoms with Crippen LogP contribution in [-0.2, 0) is 19.1 Å². The molecule has 1 unspecified atom stereocenters. The number of hydrogen-bond acceptors (Lipinski definition) is 4. The minimum atomic E-state index is -0.605. The molecule has 2 amide bonds. The Labute approximate surface area is 114 Å². The van der Waals surface area contributed by atoms with E-state index >= 15 is 0 Å². The summed E-state index contributed by atoms with van der Waals surface area (Å²) in [7, 11) is 1.29. The predicted molar refractivity (Wildman–Crippen MR) is 71.4 cm³/mol. The molecule has 0 aromatic carbocycles. The summed E-state index contributed by atoms with van der Waals surface area (Å²) in [6, 6.07) is -0.605. The number of carbonyl (C=O) groups excluding carboxylic acids is 3. The van der Waals surface area contributed by atoms with E-state index < -0.39 is 12.0 Å². The Balaban J connectivity index is 3.86. The monoisotopic (exact) mass is 272 g/mol. The third kappa shape index (κ3) is 8.18. The first-order valence-electron chi connectivity index (χ1n) is 6.69. The van der Waals surface area contributed by atoms with Crippen LogP contribution in [0, 0.1) is 0 Å². The van der Waals surface area contributed by atoms with Crippen molar-refractivity contribution in [2.24, 2.45) is 0 Å². The Morgan fingerprint density at radius 3 is 2.26 bits per heavy atom. The van der Waals surface area contributed by atoms with E-state index in [1.807, 2.05) is 6.92 Å². The van der Waals surface area contributed by atoms with Crippen LogP contribution < -0.4 is 10.6 Å². The molecule has 0 aliphatic rings. The molecule has 0 saturated heterocycles. The third-order valence-corrected chi connectivity index (χ3v) is 2.61. The fourth-order valence-corrected chi connectivity index (χ4v) is 1.50. The van der Waals surface area contributed by atoms with Crippen molar-refractivity contribution in [3.05, 3.63) is 0 Å². The van der Waals surface area contributed by atoms with Gasteiger partial charge >= 0.3 is 5.97 Å². The molecule has 0 fully saturated rings. The van der Waals surface area contributed by atoms with Crippen LogP contribution in [0.25, 0.3) is 0 Å². The first-order valence-corrected chi connectivity index (χ1v) is 6.69. The summed E-state index contributed by atoms with van der Waals surface area (Å²) in [5.41, 5.74) is 0. The van der Waals surface area contributed by atoms with Crippen molar-refractivity contribution < 1.29 is 19.1 Å². The molecule has 0 aromatic heterocycles. The maximum absolute atomic E-state index is 11.6. The fraction of sp³-hybridized carbons (Fsp3) is 0.769. The molecular formula is C13H24N2O4. The van der Waals surface area contributed by atoms with Crippen molar-refractivity contribution >= 4 is 17.8 Å². The molecule has 0 rings (SSSR count). The van der Waals surface area contributed by atoms with Crippen molar-refractivity contribution in [1.29, 1.82) is 0 Å². The Morgan fingerprint density at radius 2 is 1.74 bits per heavy atom. The molecule has 6 heteroatoms. The normalized spacial score (nSPS) is 11.5. The molecule has 0 radical (unpaired) electrons. The lowest BCUT2D eigenvalue weighted by Crippen LogP contribution is -2.41. The second kappa shape index (κ2) is 10.3. The van der Waals surface area contributed by atoms with Crippen molar-refractivity contribution in [2.45, 2.75) is 52.0 Å². The van der Waals surface area contributed by atoms with Crippen molar-refractivity contribution in [3.63, 3.8) is 0 Å². The summed E-state index contributed by atoms with van der Waals surface area (Å²) in [5.74, 6) is -0.730. The van der Waals surface area contributed by atoms with Gasteiger partial charge in [-0.2, -0.15) is 0 Å². The molecule has 110 valence electrons. The van der Waals surface area contributed by atoms with Gasteiger partial charge in [-0.1, -0.05) is 13.8 Å². The van der Waals surface area contributed by atoms with Gasteiger partial charge in [-0.3, -0.25) is 9.59 Å². The van der Waals surface area contributed by atoms with Gasteiger partial charge in [-0.25, -0.2) is 4.79 Å². The number of carbonyl (C=O) groups is 3. The topological polar surface area (TPSA) is 84.5 Å². The van der Waals surface area contributed by atoms with Gasteiger partial charge in [0.05, 0.1) is 7.11 Å². The third-order valence-electron chi connectivity index (χ3n) is 2.61. The highest BCUT2D eigenvalue weighted by Gasteiger charge is 2.18. The summed E-state index contributed by atoms with van der Waals surface area (Å²) in [6.07, 6.45) is 2.40. The van der Waals surface area contributed by atoms with Crippen molar-refractivity contribution in [1.82, 2.24) is 10.6 Å². The fourth-order valence-electron chi connectivity index (χ4n) is 1.50. The highest BCUT2D eigenvalue weighted by Crippen LogP contribution is 1.99. The highest BCUT2D eigenvalue weighted by molar-refractivity contribution is 5.84. The van der Waals surface area contributed by atoms with Crippen LogP contribution in [0.1, 0.15) is 46.0 Å². The number of methoxy groups -OCH3 is 1. The van der Waals surface area contributed by atoms with Gasteiger partial charge in [0.2, 0.25) is 11.8 Å². The van der Waals surface area contributed by atoms with E-state index in [0.717, 1.165) is 6.42 Å². The standard InChI is InChI=1S/C13H24N2O4/c1-4-9-14-11(16)7-6-8-12(17)15-10(5-2)13(18)19-3/h10H,4-9H2,1-3H3,(H,14,16)(H,15,17). The molecule has 0 saturated carbocycles. The lowest BCUT2D eigenvalue weighted by molar-refractivity contribution is -0.145. The van der Waals surface area contributed by atoms with E-state index in [9.17, 15) is 14.4 Å². The van der Waals surface area contributed by atoms with E-state index in [4.69, 9.17) is 0 Å². The van der Waals surface area contributed by atoms with Crippen LogP contribution in [0.4, 0.5) is 0 Å². The van der Waals surface area contributed by atoms with E-state index in [0.29, 0.717) is 25.8 Å². The maximum atomic E-state index is 11.6. The van der Waals surface area contributed by atoms with Gasteiger partial charge in [0, 0.05) is 19.4 Å². The van der Waals surface area contributed by atoms with Gasteiger partial charge in [-0.05, 0) is 19.3 Å². The minimum absolute atomic E-state index is 0.0466. The second-order valence-electron chi connectivity index (χ2n) is 4.26. The summed E-state index contributed by atoms with van der Waals surface area (Å²) < 4.78 is 4.57. The van der Waals surface area contributed by atoms with Crippen LogP contribution in [0.3, 0.4) is 0 Å². The summed E-state index contributed by atoms with van der Waals surface area (Å²) in [5, 5.41) is 5.33. The zero-order valence-electron chi connectivity index (χ0n) is 12.0. The second-order valence-corrected chi connectivity index (χ2v) is 4.26. The Hall–Kier alpha value is -1.59. The molecule has 0 spiro atoms. The van der Waals surface area contributed by atoms with Gasteiger partial charge in [0.15, 0.2) is 0 Å². The number of ether oxygens (including phenoxy) is 1. The highest BCUT2D eigenvalue weighted by atomic mass is 16.5. The van der Waals surface area contributed by atoms with Gasteiger partial charge in [-0.15, -0.1) is 0 Å². The van der Waals surface area contributed by atoms with Crippen LogP contribution in [0.2, 0.25) is 0 Å². The Morgan fingerprint density at radius 1 is 1.11 bits per heavy atom. The average molecular weight is 272 g/mol. The van der Waals surface area contributed by atoms with Crippen LogP contribution in [0.15, 0.2) is 0 Å². The molecule has 6 nitrogen and oxygen atoms in total. The van der Waals surface area contributed by atoms with E-state index in [1.165, 1.54) is 7.11 Å². The Kier molecular flexibility index (Phi) is 9.48. The van der Waals surface area contributed by atoms with Crippen LogP contribution >= 0.6 is 0 Å². The summed E-state index contributed by atoms with van der Waals surface area (Å²) in [6.45, 7) is 4.43. The molecule has 2 N–H and O–H groups in total. The van der Waals surface area contributed by atoms with Crippen molar-refractivity contribution in [3.8, 4) is 0 Å². The molecule has 0 bridgehead atoms. The number of hydrogen-bond donors (Lipinski definition) is 2.